The van der Waals surface area contributed by atoms with E-state index in [9.17, 15) is 0 Å². The second-order valence-electron chi connectivity index (χ2n) is 20.2. The second-order valence-corrected chi connectivity index (χ2v) is 20.2. The zero-order valence-electron chi connectivity index (χ0n) is 44.0. The van der Waals surface area contributed by atoms with Crippen LogP contribution in [0, 0.1) is 0 Å². The Hall–Kier alpha value is -0.160. The van der Waals surface area contributed by atoms with Gasteiger partial charge in [0.15, 0.2) is 0 Å². The van der Waals surface area contributed by atoms with Crippen LogP contribution in [0.4, 0.5) is 0 Å². The molecule has 0 amide bonds. The molecule has 2 N–H and O–H groups in total. The lowest BCUT2D eigenvalue weighted by Gasteiger charge is -2.04. The fourth-order valence-corrected chi connectivity index (χ4v) is 9.38. The summed E-state index contributed by atoms with van der Waals surface area (Å²) in [4.78, 5) is 0. The molecule has 0 aromatic heterocycles. The topological polar surface area (TPSA) is 58.9 Å². The lowest BCUT2D eigenvalue weighted by Crippen LogP contribution is -1.88. The summed E-state index contributed by atoms with van der Waals surface area (Å²) in [7, 11) is 3.60. The van der Waals surface area contributed by atoms with Crippen molar-refractivity contribution in [3.63, 3.8) is 0 Å². The number of ether oxygens (including phenoxy) is 2. The van der Waals surface area contributed by atoms with E-state index in [-0.39, 0.29) is 0 Å². The van der Waals surface area contributed by atoms with E-state index in [1.54, 1.807) is 14.2 Å². The monoisotopic (exact) mass is 895 g/mol. The largest absolute Gasteiger partial charge is 0.396 e. The van der Waals surface area contributed by atoms with E-state index >= 15 is 0 Å². The fourth-order valence-electron chi connectivity index (χ4n) is 9.38. The molecule has 63 heavy (non-hydrogen) atoms. The molecule has 0 aliphatic rings. The van der Waals surface area contributed by atoms with Gasteiger partial charge in [-0.15, -0.1) is 0 Å². The maximum Gasteiger partial charge on any atom is 0.0462 e. The van der Waals surface area contributed by atoms with Crippen molar-refractivity contribution in [3.05, 3.63) is 0 Å². The molecule has 0 saturated heterocycles. The van der Waals surface area contributed by atoms with E-state index in [0.717, 1.165) is 26.1 Å². The molecule has 4 heteroatoms. The Labute approximate surface area is 399 Å². The number of rotatable bonds is 57. The molecule has 0 unspecified atom stereocenters. The van der Waals surface area contributed by atoms with Crippen molar-refractivity contribution < 1.29 is 19.7 Å². The van der Waals surface area contributed by atoms with Gasteiger partial charge in [-0.2, -0.15) is 0 Å². The predicted octanol–water partition coefficient (Wildman–Crippen LogP) is 19.9. The van der Waals surface area contributed by atoms with Crippen LogP contribution in [-0.4, -0.2) is 50.9 Å². The average Bonchev–Trinajstić information content (AvgIpc) is 3.30. The van der Waals surface area contributed by atoms with Crippen LogP contribution in [0.2, 0.25) is 0 Å². The van der Waals surface area contributed by atoms with Gasteiger partial charge in [-0.3, -0.25) is 0 Å². The minimum atomic E-state index is 0.372. The predicted molar refractivity (Wildman–Crippen MR) is 283 cm³/mol. The van der Waals surface area contributed by atoms with Crippen LogP contribution in [0.1, 0.15) is 340 Å². The first-order valence-electron chi connectivity index (χ1n) is 29.5. The summed E-state index contributed by atoms with van der Waals surface area (Å²) in [5.74, 6) is 0. The first kappa shape index (κ1) is 64.9. The maximum atomic E-state index is 8.77. The van der Waals surface area contributed by atoms with E-state index in [1.165, 1.54) is 327 Å². The number of hydrogen-bond acceptors (Lipinski definition) is 4. The highest BCUT2D eigenvalue weighted by Crippen LogP contribution is 2.18. The highest BCUT2D eigenvalue weighted by molar-refractivity contribution is 4.54. The summed E-state index contributed by atoms with van der Waals surface area (Å²) < 4.78 is 10.2. The number of hydrogen-bond donors (Lipinski definition) is 2. The Kier molecular flexibility index (Phi) is 68.1. The quantitative estimate of drug-likeness (QED) is 0.0597. The zero-order valence-corrected chi connectivity index (χ0v) is 44.0. The molecule has 0 fully saturated rings. The molecule has 0 atom stereocenters. The smallest absolute Gasteiger partial charge is 0.0462 e. The van der Waals surface area contributed by atoms with Gasteiger partial charge in [0, 0.05) is 40.6 Å². The van der Waals surface area contributed by atoms with Gasteiger partial charge >= 0.3 is 0 Å². The number of unbranched alkanes of at least 4 members (excludes halogenated alkanes) is 51. The molecule has 0 saturated carbocycles. The second kappa shape index (κ2) is 66.1. The van der Waals surface area contributed by atoms with Crippen LogP contribution in [-0.2, 0) is 9.47 Å². The molecule has 0 aliphatic heterocycles. The van der Waals surface area contributed by atoms with Crippen LogP contribution >= 0.6 is 0 Å². The van der Waals surface area contributed by atoms with Gasteiger partial charge in [0.1, 0.15) is 0 Å². The first-order chi connectivity index (χ1) is 31.3. The molecule has 0 bridgehead atoms. The molecule has 0 aliphatic carbocycles. The summed E-state index contributed by atoms with van der Waals surface area (Å²) in [6, 6.07) is 0. The molecular formula is C59H122O4. The maximum absolute atomic E-state index is 8.77. The van der Waals surface area contributed by atoms with E-state index in [0.29, 0.717) is 13.2 Å². The van der Waals surface area contributed by atoms with Crippen molar-refractivity contribution in [2.24, 2.45) is 0 Å². The first-order valence-corrected chi connectivity index (χ1v) is 29.5. The van der Waals surface area contributed by atoms with Crippen molar-refractivity contribution in [1.29, 1.82) is 0 Å². The van der Waals surface area contributed by atoms with Crippen molar-refractivity contribution >= 4 is 0 Å². The van der Waals surface area contributed by atoms with Gasteiger partial charge < -0.3 is 19.7 Å². The van der Waals surface area contributed by atoms with E-state index in [4.69, 9.17) is 19.7 Å². The highest BCUT2D eigenvalue weighted by Gasteiger charge is 1.99. The van der Waals surface area contributed by atoms with Gasteiger partial charge in [-0.1, -0.05) is 315 Å². The van der Waals surface area contributed by atoms with Gasteiger partial charge in [-0.05, 0) is 25.7 Å². The summed E-state index contributed by atoms with van der Waals surface area (Å²) >= 11 is 0. The molecule has 0 heterocycles. The highest BCUT2D eigenvalue weighted by atomic mass is 16.5. The zero-order chi connectivity index (χ0) is 45.7. The summed E-state index contributed by atoms with van der Waals surface area (Å²) in [6.07, 6.45) is 74.6. The summed E-state index contributed by atoms with van der Waals surface area (Å²) in [5.41, 5.74) is 0. The molecule has 0 spiro atoms. The molecule has 0 aromatic rings. The van der Waals surface area contributed by atoms with Crippen molar-refractivity contribution in [2.75, 3.05) is 40.6 Å². The lowest BCUT2D eigenvalue weighted by molar-refractivity contribution is 0.192. The molecular weight excluding hydrogens is 773 g/mol. The summed E-state index contributed by atoms with van der Waals surface area (Å²) in [5, 5.41) is 17.5. The van der Waals surface area contributed by atoms with E-state index in [1.807, 2.05) is 0 Å². The Morgan fingerprint density at radius 3 is 0.349 bits per heavy atom. The SMILES string of the molecule is COCCCCCCCCCCCCCCCCCCCCCCCCCCCCCCO.COCCCCCCCCCCCCCCCCCCCCCCCCCCCO. The average molecular weight is 896 g/mol. The Balaban J connectivity index is 0. The van der Waals surface area contributed by atoms with Gasteiger partial charge in [-0.25, -0.2) is 0 Å². The van der Waals surface area contributed by atoms with Crippen LogP contribution < -0.4 is 0 Å². The van der Waals surface area contributed by atoms with Crippen molar-refractivity contribution in [3.8, 4) is 0 Å². The number of aliphatic hydroxyl groups excluding tert-OH is 2. The van der Waals surface area contributed by atoms with Crippen molar-refractivity contribution in [2.45, 2.75) is 340 Å². The molecule has 4 nitrogen and oxygen atoms in total. The van der Waals surface area contributed by atoms with Crippen LogP contribution in [0.3, 0.4) is 0 Å². The van der Waals surface area contributed by atoms with Gasteiger partial charge in [0.05, 0.1) is 0 Å². The Bertz CT molecular complexity index is 658. The number of aliphatic hydroxyl groups is 2. The molecule has 0 radical (unpaired) electrons. The van der Waals surface area contributed by atoms with Crippen molar-refractivity contribution in [1.82, 2.24) is 0 Å². The summed E-state index contributed by atoms with van der Waals surface area (Å²) in [6.45, 7) is 2.62. The fraction of sp³-hybridized carbons (Fsp3) is 1.00. The number of methoxy groups -OCH3 is 2. The van der Waals surface area contributed by atoms with Crippen LogP contribution in [0.5, 0.6) is 0 Å². The minimum absolute atomic E-state index is 0.372. The molecule has 0 rings (SSSR count). The van der Waals surface area contributed by atoms with E-state index < -0.39 is 0 Å². The normalized spacial score (nSPS) is 11.4. The van der Waals surface area contributed by atoms with Gasteiger partial charge in [0.25, 0.3) is 0 Å². The van der Waals surface area contributed by atoms with Gasteiger partial charge in [0.2, 0.25) is 0 Å². The van der Waals surface area contributed by atoms with Crippen LogP contribution in [0.15, 0.2) is 0 Å². The third-order valence-corrected chi connectivity index (χ3v) is 13.8. The molecule has 382 valence electrons. The molecule has 0 aromatic carbocycles. The lowest BCUT2D eigenvalue weighted by atomic mass is 10.0. The van der Waals surface area contributed by atoms with E-state index in [2.05, 4.69) is 0 Å². The minimum Gasteiger partial charge on any atom is -0.396 e. The van der Waals surface area contributed by atoms with Crippen LogP contribution in [0.25, 0.3) is 0 Å². The Morgan fingerprint density at radius 2 is 0.254 bits per heavy atom. The standard InChI is InChI=1S/C31H64O2.C28H58O2/c1-33-31-29-27-25-23-21-19-17-15-13-11-9-7-5-3-2-4-6-8-10-12-14-16-18-20-22-24-26-28-30-32;1-30-28-26-24-22-20-18-16-14-12-10-8-6-4-2-3-5-7-9-11-13-15-17-19-21-23-25-27-29/h32H,2-31H2,1H3;29H,2-28H2,1H3. The Morgan fingerprint density at radius 1 is 0.159 bits per heavy atom. The third kappa shape index (κ3) is 68.5. The third-order valence-electron chi connectivity index (χ3n) is 13.8.